The SMILES string of the molecule is CC(NC(=NC1CC1)NN)C(=O)N1CCOCC1. The van der Waals surface area contributed by atoms with Crippen LogP contribution < -0.4 is 16.6 Å². The second-order valence-electron chi connectivity index (χ2n) is 4.66. The highest BCUT2D eigenvalue weighted by Gasteiger charge is 2.25. The van der Waals surface area contributed by atoms with E-state index < -0.39 is 0 Å². The highest BCUT2D eigenvalue weighted by atomic mass is 16.5. The minimum absolute atomic E-state index is 0.0528. The smallest absolute Gasteiger partial charge is 0.245 e. The van der Waals surface area contributed by atoms with Crippen molar-refractivity contribution in [2.75, 3.05) is 26.3 Å². The minimum Gasteiger partial charge on any atom is -0.378 e. The van der Waals surface area contributed by atoms with E-state index in [1.54, 1.807) is 4.90 Å². The maximum atomic E-state index is 12.1. The molecule has 2 rings (SSSR count). The molecule has 7 nitrogen and oxygen atoms in total. The number of carbonyl (C=O) groups is 1. The Hall–Kier alpha value is -1.34. The first-order valence-electron chi connectivity index (χ1n) is 6.38. The Morgan fingerprint density at radius 1 is 1.44 bits per heavy atom. The molecule has 1 saturated heterocycles. The van der Waals surface area contributed by atoms with Crippen LogP contribution in [0.2, 0.25) is 0 Å². The predicted molar refractivity (Wildman–Crippen MR) is 67.8 cm³/mol. The van der Waals surface area contributed by atoms with Crippen molar-refractivity contribution in [1.82, 2.24) is 15.6 Å². The van der Waals surface area contributed by atoms with Crippen LogP contribution >= 0.6 is 0 Å². The zero-order valence-corrected chi connectivity index (χ0v) is 10.7. The molecule has 1 amide bonds. The van der Waals surface area contributed by atoms with Crippen LogP contribution in [0.25, 0.3) is 0 Å². The van der Waals surface area contributed by atoms with E-state index in [0.717, 1.165) is 12.8 Å². The number of carbonyl (C=O) groups excluding carboxylic acids is 1. The summed E-state index contributed by atoms with van der Waals surface area (Å²) in [4.78, 5) is 18.3. The molecular weight excluding hydrogens is 234 g/mol. The van der Waals surface area contributed by atoms with Crippen molar-refractivity contribution in [3.05, 3.63) is 0 Å². The van der Waals surface area contributed by atoms with E-state index in [1.165, 1.54) is 0 Å². The number of hydrogen-bond acceptors (Lipinski definition) is 4. The van der Waals surface area contributed by atoms with Gasteiger partial charge in [0.05, 0.1) is 19.3 Å². The number of guanidine groups is 1. The lowest BCUT2D eigenvalue weighted by Crippen LogP contribution is -2.54. The Kier molecular flexibility index (Phi) is 4.38. The lowest BCUT2D eigenvalue weighted by atomic mass is 10.2. The van der Waals surface area contributed by atoms with E-state index in [4.69, 9.17) is 10.6 Å². The van der Waals surface area contributed by atoms with Gasteiger partial charge in [-0.05, 0) is 19.8 Å². The molecule has 1 aliphatic heterocycles. The predicted octanol–water partition coefficient (Wildman–Crippen LogP) is -1.19. The molecule has 2 aliphatic rings. The molecule has 1 heterocycles. The number of hydrogen-bond donors (Lipinski definition) is 3. The number of ether oxygens (including phenoxy) is 1. The summed E-state index contributed by atoms with van der Waals surface area (Å²) in [6, 6.07) is 0.0193. The summed E-state index contributed by atoms with van der Waals surface area (Å²) < 4.78 is 5.22. The zero-order chi connectivity index (χ0) is 13.0. The van der Waals surface area contributed by atoms with Gasteiger partial charge in [-0.3, -0.25) is 10.2 Å². The van der Waals surface area contributed by atoms with Gasteiger partial charge in [0.2, 0.25) is 11.9 Å². The summed E-state index contributed by atoms with van der Waals surface area (Å²) >= 11 is 0. The topological polar surface area (TPSA) is 92.0 Å². The third kappa shape index (κ3) is 3.58. The van der Waals surface area contributed by atoms with E-state index >= 15 is 0 Å². The molecule has 0 spiro atoms. The molecular formula is C11H21N5O2. The molecule has 0 bridgehead atoms. The van der Waals surface area contributed by atoms with Gasteiger partial charge in [0.25, 0.3) is 0 Å². The van der Waals surface area contributed by atoms with Crippen LogP contribution in [0.4, 0.5) is 0 Å². The van der Waals surface area contributed by atoms with Crippen molar-refractivity contribution in [2.45, 2.75) is 31.8 Å². The van der Waals surface area contributed by atoms with E-state index in [0.29, 0.717) is 38.3 Å². The number of nitrogens with one attached hydrogen (secondary N) is 2. The van der Waals surface area contributed by atoms with Crippen LogP contribution in [0.3, 0.4) is 0 Å². The second kappa shape index (κ2) is 6.01. The summed E-state index contributed by atoms with van der Waals surface area (Å²) in [5.41, 5.74) is 2.51. The van der Waals surface area contributed by atoms with Crippen LogP contribution in [-0.4, -0.2) is 55.2 Å². The number of amides is 1. The fourth-order valence-corrected chi connectivity index (χ4v) is 1.83. The number of nitrogens with zero attached hydrogens (tertiary/aromatic N) is 2. The van der Waals surface area contributed by atoms with E-state index in [2.05, 4.69) is 15.7 Å². The Labute approximate surface area is 107 Å². The summed E-state index contributed by atoms with van der Waals surface area (Å²) in [5, 5.41) is 3.02. The van der Waals surface area contributed by atoms with Crippen LogP contribution in [0.15, 0.2) is 4.99 Å². The van der Waals surface area contributed by atoms with E-state index in [1.807, 2.05) is 6.92 Å². The number of morpholine rings is 1. The number of aliphatic imine (C=N–C) groups is 1. The van der Waals surface area contributed by atoms with Crippen molar-refractivity contribution in [1.29, 1.82) is 0 Å². The Bertz CT molecular complexity index is 323. The van der Waals surface area contributed by atoms with E-state index in [-0.39, 0.29) is 11.9 Å². The van der Waals surface area contributed by atoms with Gasteiger partial charge in [-0.2, -0.15) is 0 Å². The quantitative estimate of drug-likeness (QED) is 0.255. The Balaban J connectivity index is 1.85. The van der Waals surface area contributed by atoms with Gasteiger partial charge in [0.1, 0.15) is 6.04 Å². The highest BCUT2D eigenvalue weighted by Crippen LogP contribution is 2.23. The van der Waals surface area contributed by atoms with Gasteiger partial charge < -0.3 is 15.0 Å². The number of rotatable bonds is 3. The zero-order valence-electron chi connectivity index (χ0n) is 10.7. The number of nitrogens with two attached hydrogens (primary N) is 1. The summed E-state index contributed by atoms with van der Waals surface area (Å²) in [6.45, 7) is 4.33. The molecule has 1 unspecified atom stereocenters. The number of hydrazine groups is 1. The van der Waals surface area contributed by atoms with Crippen LogP contribution in [0.5, 0.6) is 0 Å². The van der Waals surface area contributed by atoms with Crippen molar-refractivity contribution < 1.29 is 9.53 Å². The van der Waals surface area contributed by atoms with E-state index in [9.17, 15) is 4.79 Å². The first kappa shape index (κ1) is 13.1. The monoisotopic (exact) mass is 255 g/mol. The lowest BCUT2D eigenvalue weighted by Gasteiger charge is -2.29. The van der Waals surface area contributed by atoms with Gasteiger partial charge in [-0.15, -0.1) is 0 Å². The molecule has 18 heavy (non-hydrogen) atoms. The molecule has 0 aromatic heterocycles. The average molecular weight is 255 g/mol. The van der Waals surface area contributed by atoms with Crippen LogP contribution in [0, 0.1) is 0 Å². The molecule has 0 aromatic carbocycles. The first-order valence-corrected chi connectivity index (χ1v) is 6.38. The van der Waals surface area contributed by atoms with Gasteiger partial charge in [-0.1, -0.05) is 0 Å². The molecule has 1 saturated carbocycles. The molecule has 1 atom stereocenters. The fourth-order valence-electron chi connectivity index (χ4n) is 1.83. The normalized spacial score (nSPS) is 22.6. The van der Waals surface area contributed by atoms with Crippen molar-refractivity contribution in [2.24, 2.45) is 10.8 Å². The standard InChI is InChI=1S/C11H21N5O2/c1-8(10(17)16-4-6-18-7-5-16)13-11(15-12)14-9-2-3-9/h8-9H,2-7,12H2,1H3,(H2,13,14,15). The first-order chi connectivity index (χ1) is 8.70. The molecule has 0 aromatic rings. The minimum atomic E-state index is -0.336. The Morgan fingerprint density at radius 3 is 2.67 bits per heavy atom. The molecule has 102 valence electrons. The molecule has 7 heteroatoms. The molecule has 4 N–H and O–H groups in total. The fraction of sp³-hybridized carbons (Fsp3) is 0.818. The van der Waals surface area contributed by atoms with Gasteiger partial charge >= 0.3 is 0 Å². The Morgan fingerprint density at radius 2 is 2.11 bits per heavy atom. The van der Waals surface area contributed by atoms with Gasteiger partial charge in [-0.25, -0.2) is 10.8 Å². The third-order valence-corrected chi connectivity index (χ3v) is 3.04. The molecule has 2 fully saturated rings. The van der Waals surface area contributed by atoms with Crippen molar-refractivity contribution in [3.8, 4) is 0 Å². The summed E-state index contributed by atoms with van der Waals surface area (Å²) in [6.07, 6.45) is 2.19. The highest BCUT2D eigenvalue weighted by molar-refractivity contribution is 5.88. The van der Waals surface area contributed by atoms with Crippen molar-refractivity contribution >= 4 is 11.9 Å². The maximum absolute atomic E-state index is 12.1. The summed E-state index contributed by atoms with van der Waals surface area (Å²) in [7, 11) is 0. The van der Waals surface area contributed by atoms with Gasteiger partial charge in [0, 0.05) is 13.1 Å². The van der Waals surface area contributed by atoms with Crippen molar-refractivity contribution in [3.63, 3.8) is 0 Å². The molecule has 1 aliphatic carbocycles. The van der Waals surface area contributed by atoms with Gasteiger partial charge in [0.15, 0.2) is 0 Å². The second-order valence-corrected chi connectivity index (χ2v) is 4.66. The molecule has 0 radical (unpaired) electrons. The lowest BCUT2D eigenvalue weighted by molar-refractivity contribution is -0.136. The summed E-state index contributed by atoms with van der Waals surface area (Å²) in [5.74, 6) is 5.93. The largest absolute Gasteiger partial charge is 0.378 e. The maximum Gasteiger partial charge on any atom is 0.245 e. The average Bonchev–Trinajstić information content (AvgIpc) is 3.22. The third-order valence-electron chi connectivity index (χ3n) is 3.04. The van der Waals surface area contributed by atoms with Crippen LogP contribution in [0.1, 0.15) is 19.8 Å². The van der Waals surface area contributed by atoms with Crippen LogP contribution in [-0.2, 0) is 9.53 Å².